The molecule has 1 aliphatic heterocycles. The Balaban J connectivity index is 2.26. The lowest BCUT2D eigenvalue weighted by atomic mass is 9.72. The number of para-hydroxylation sites is 1. The van der Waals surface area contributed by atoms with Crippen LogP contribution in [0.2, 0.25) is 0 Å². The third kappa shape index (κ3) is 1.37. The highest BCUT2D eigenvalue weighted by Gasteiger charge is 2.36. The quantitative estimate of drug-likeness (QED) is 0.688. The van der Waals surface area contributed by atoms with E-state index in [0.29, 0.717) is 0 Å². The van der Waals surface area contributed by atoms with E-state index in [-0.39, 0.29) is 5.41 Å². The second-order valence-electron chi connectivity index (χ2n) is 5.31. The van der Waals surface area contributed by atoms with E-state index in [1.54, 1.807) is 0 Å². The van der Waals surface area contributed by atoms with Gasteiger partial charge in [0.15, 0.2) is 0 Å². The molecule has 0 fully saturated rings. The maximum Gasteiger partial charge on any atom is 0.0612 e. The topological polar surface area (TPSA) is 29.3 Å². The summed E-state index contributed by atoms with van der Waals surface area (Å²) < 4.78 is 0. The van der Waals surface area contributed by atoms with Gasteiger partial charge in [0.1, 0.15) is 0 Å². The number of rotatable bonds is 0. The second kappa shape index (κ2) is 3.47. The van der Waals surface area contributed by atoms with E-state index in [9.17, 15) is 0 Å². The summed E-state index contributed by atoms with van der Waals surface area (Å²) in [6.45, 7) is 4.56. The molecule has 17 heavy (non-hydrogen) atoms. The Labute approximate surface area is 102 Å². The summed E-state index contributed by atoms with van der Waals surface area (Å²) in [5.74, 6) is 6.26. The van der Waals surface area contributed by atoms with Gasteiger partial charge in [0.25, 0.3) is 0 Å². The zero-order valence-corrected chi connectivity index (χ0v) is 10.4. The van der Waals surface area contributed by atoms with Crippen molar-refractivity contribution < 1.29 is 0 Å². The van der Waals surface area contributed by atoms with Crippen molar-refractivity contribution in [2.75, 3.05) is 5.01 Å². The monoisotopic (exact) mass is 226 g/mol. The van der Waals surface area contributed by atoms with Gasteiger partial charge in [-0.2, -0.15) is 0 Å². The van der Waals surface area contributed by atoms with Gasteiger partial charge >= 0.3 is 0 Å². The number of hydrazine groups is 1. The van der Waals surface area contributed by atoms with E-state index < -0.39 is 0 Å². The summed E-state index contributed by atoms with van der Waals surface area (Å²) in [6, 6.07) is 8.44. The first-order chi connectivity index (χ1) is 8.12. The molecule has 1 aromatic rings. The number of fused-ring (bicyclic) bond motifs is 1. The van der Waals surface area contributed by atoms with Gasteiger partial charge in [-0.15, -0.1) is 0 Å². The molecule has 3 rings (SSSR count). The lowest BCUT2D eigenvalue weighted by Crippen LogP contribution is -2.41. The largest absolute Gasteiger partial charge is 0.283 e. The predicted octanol–water partition coefficient (Wildman–Crippen LogP) is 3.26. The van der Waals surface area contributed by atoms with E-state index in [4.69, 9.17) is 5.84 Å². The van der Waals surface area contributed by atoms with Crippen LogP contribution in [0.25, 0.3) is 0 Å². The molecule has 88 valence electrons. The van der Waals surface area contributed by atoms with Crippen LogP contribution in [0.5, 0.6) is 0 Å². The maximum absolute atomic E-state index is 6.26. The van der Waals surface area contributed by atoms with Crippen molar-refractivity contribution >= 4 is 5.69 Å². The molecule has 2 nitrogen and oxygen atoms in total. The van der Waals surface area contributed by atoms with Crippen molar-refractivity contribution in [2.45, 2.75) is 32.1 Å². The van der Waals surface area contributed by atoms with Gasteiger partial charge in [0.05, 0.1) is 5.69 Å². The number of anilines is 1. The van der Waals surface area contributed by atoms with Crippen LogP contribution in [0.4, 0.5) is 5.69 Å². The third-order valence-corrected chi connectivity index (χ3v) is 3.94. The van der Waals surface area contributed by atoms with Gasteiger partial charge in [-0.25, -0.2) is 5.84 Å². The van der Waals surface area contributed by atoms with Crippen molar-refractivity contribution in [3.8, 4) is 0 Å². The van der Waals surface area contributed by atoms with Gasteiger partial charge in [0.2, 0.25) is 0 Å². The van der Waals surface area contributed by atoms with Crippen LogP contribution in [0, 0.1) is 0 Å². The molecule has 0 spiro atoms. The molecule has 0 unspecified atom stereocenters. The second-order valence-corrected chi connectivity index (χ2v) is 5.31. The van der Waals surface area contributed by atoms with Crippen LogP contribution in [-0.2, 0) is 5.41 Å². The van der Waals surface area contributed by atoms with Crippen molar-refractivity contribution in [1.29, 1.82) is 0 Å². The summed E-state index contributed by atoms with van der Waals surface area (Å²) in [7, 11) is 0. The van der Waals surface area contributed by atoms with E-state index in [1.807, 2.05) is 5.01 Å². The Morgan fingerprint density at radius 3 is 2.82 bits per heavy atom. The SMILES string of the molecule is CC1(C)C2=C(CCC=C2)N(N)c2ccccc21. The molecule has 1 heterocycles. The molecular weight excluding hydrogens is 208 g/mol. The summed E-state index contributed by atoms with van der Waals surface area (Å²) in [5.41, 5.74) is 5.15. The van der Waals surface area contributed by atoms with E-state index in [1.165, 1.54) is 16.8 Å². The summed E-state index contributed by atoms with van der Waals surface area (Å²) in [6.07, 6.45) is 6.63. The highest BCUT2D eigenvalue weighted by Crippen LogP contribution is 2.46. The van der Waals surface area contributed by atoms with Crippen molar-refractivity contribution in [1.82, 2.24) is 0 Å². The maximum atomic E-state index is 6.26. The van der Waals surface area contributed by atoms with E-state index in [0.717, 1.165) is 18.5 Å². The minimum atomic E-state index is 0.0543. The first-order valence-electron chi connectivity index (χ1n) is 6.17. The molecule has 2 N–H and O–H groups in total. The molecule has 1 aromatic carbocycles. The van der Waals surface area contributed by atoms with Crippen LogP contribution in [0.15, 0.2) is 47.7 Å². The van der Waals surface area contributed by atoms with Crippen molar-refractivity contribution in [3.05, 3.63) is 53.3 Å². The number of hydrogen-bond donors (Lipinski definition) is 1. The average Bonchev–Trinajstić information content (AvgIpc) is 2.37. The molecule has 0 amide bonds. The number of benzene rings is 1. The Bertz CT molecular complexity index is 523. The van der Waals surface area contributed by atoms with Gasteiger partial charge in [-0.05, 0) is 30.0 Å². The highest BCUT2D eigenvalue weighted by molar-refractivity contribution is 5.68. The van der Waals surface area contributed by atoms with Gasteiger partial charge in [-0.1, -0.05) is 44.2 Å². The molecule has 0 radical (unpaired) electrons. The smallest absolute Gasteiger partial charge is 0.0612 e. The van der Waals surface area contributed by atoms with Crippen LogP contribution >= 0.6 is 0 Å². The van der Waals surface area contributed by atoms with Crippen LogP contribution in [0.3, 0.4) is 0 Å². The fraction of sp³-hybridized carbons (Fsp3) is 0.333. The van der Waals surface area contributed by atoms with Crippen LogP contribution in [-0.4, -0.2) is 0 Å². The number of nitrogens with zero attached hydrogens (tertiary/aromatic N) is 1. The first-order valence-corrected chi connectivity index (χ1v) is 6.17. The Morgan fingerprint density at radius 2 is 2.00 bits per heavy atom. The van der Waals surface area contributed by atoms with Crippen molar-refractivity contribution in [3.63, 3.8) is 0 Å². The summed E-state index contributed by atoms with van der Waals surface area (Å²) >= 11 is 0. The number of nitrogens with two attached hydrogens (primary N) is 1. The lowest BCUT2D eigenvalue weighted by Gasteiger charge is -2.42. The molecule has 1 aliphatic carbocycles. The summed E-state index contributed by atoms with van der Waals surface area (Å²) in [5, 5.41) is 1.87. The molecule has 0 saturated carbocycles. The van der Waals surface area contributed by atoms with E-state index in [2.05, 4.69) is 50.3 Å². The molecule has 2 aliphatic rings. The first kappa shape index (κ1) is 10.6. The summed E-state index contributed by atoms with van der Waals surface area (Å²) in [4.78, 5) is 0. The molecule has 0 saturated heterocycles. The fourth-order valence-electron chi connectivity index (χ4n) is 2.97. The van der Waals surface area contributed by atoms with E-state index >= 15 is 0 Å². The normalized spacial score (nSPS) is 21.2. The molecule has 0 aromatic heterocycles. The average molecular weight is 226 g/mol. The number of hydrogen-bond acceptors (Lipinski definition) is 2. The van der Waals surface area contributed by atoms with Crippen molar-refractivity contribution in [2.24, 2.45) is 5.84 Å². The van der Waals surface area contributed by atoms with Gasteiger partial charge in [0, 0.05) is 11.1 Å². The van der Waals surface area contributed by atoms with Gasteiger partial charge in [-0.3, -0.25) is 5.01 Å². The zero-order valence-electron chi connectivity index (χ0n) is 10.4. The lowest BCUT2D eigenvalue weighted by molar-refractivity contribution is 0.594. The third-order valence-electron chi connectivity index (χ3n) is 3.94. The minimum Gasteiger partial charge on any atom is -0.283 e. The van der Waals surface area contributed by atoms with Gasteiger partial charge < -0.3 is 0 Å². The molecule has 0 bridgehead atoms. The molecule has 2 heteroatoms. The molecule has 0 atom stereocenters. The fourth-order valence-corrected chi connectivity index (χ4v) is 2.97. The van der Waals surface area contributed by atoms with Crippen LogP contribution < -0.4 is 10.9 Å². The number of allylic oxidation sites excluding steroid dienone is 4. The van der Waals surface area contributed by atoms with Crippen LogP contribution in [0.1, 0.15) is 32.3 Å². The molecular formula is C15H18N2. The Hall–Kier alpha value is -1.54. The Morgan fingerprint density at radius 1 is 1.24 bits per heavy atom. The minimum absolute atomic E-state index is 0.0543. The Kier molecular flexibility index (Phi) is 2.17. The predicted molar refractivity (Wildman–Crippen MR) is 71.5 cm³/mol. The highest BCUT2D eigenvalue weighted by atomic mass is 15.4. The standard InChI is InChI=1S/C15H18N2/c1-15(2)11-7-3-5-9-13(11)17(16)14-10-6-4-8-12(14)15/h3-5,7-9H,6,10,16H2,1-2H3. The zero-order chi connectivity index (χ0) is 12.0.